The third kappa shape index (κ3) is 2.37. The number of nitrogens with two attached hydrogens (primary N) is 1. The van der Waals surface area contributed by atoms with Crippen molar-refractivity contribution < 1.29 is 6.11 Å². The number of nitrogen functional groups attached to an aromatic ring is 1. The van der Waals surface area contributed by atoms with E-state index in [9.17, 15) is 0 Å². The SMILES string of the molecule is [2H]c1c(N)cnc2[nH]c(-c3ccnc(N4CCOCC4)c3)cc12. The molecule has 0 spiro atoms. The van der Waals surface area contributed by atoms with Crippen molar-refractivity contribution in [1.82, 2.24) is 15.0 Å². The molecule has 0 bridgehead atoms. The Balaban J connectivity index is 1.74. The second-order valence-corrected chi connectivity index (χ2v) is 5.29. The minimum atomic E-state index is 0.306. The van der Waals surface area contributed by atoms with Gasteiger partial charge in [0.1, 0.15) is 11.5 Å². The Morgan fingerprint density at radius 1 is 1.27 bits per heavy atom. The number of hydrogen-bond donors (Lipinski definition) is 2. The van der Waals surface area contributed by atoms with Gasteiger partial charge in [-0.15, -0.1) is 0 Å². The van der Waals surface area contributed by atoms with Gasteiger partial charge in [-0.1, -0.05) is 0 Å². The number of H-pyrrole nitrogens is 1. The Morgan fingerprint density at radius 3 is 3.00 bits per heavy atom. The first-order valence-electron chi connectivity index (χ1n) is 7.75. The lowest BCUT2D eigenvalue weighted by molar-refractivity contribution is 0.122. The quantitative estimate of drug-likeness (QED) is 0.756. The second kappa shape index (κ2) is 5.31. The van der Waals surface area contributed by atoms with Crippen molar-refractivity contribution in [2.24, 2.45) is 0 Å². The highest BCUT2D eigenvalue weighted by Crippen LogP contribution is 2.26. The Bertz CT molecular complexity index is 857. The van der Waals surface area contributed by atoms with Crippen LogP contribution in [0, 0.1) is 0 Å². The van der Waals surface area contributed by atoms with Crippen LogP contribution in [-0.2, 0) is 4.74 Å². The van der Waals surface area contributed by atoms with E-state index in [0.29, 0.717) is 17.4 Å². The molecule has 4 rings (SSSR count). The fourth-order valence-electron chi connectivity index (χ4n) is 2.67. The number of nitrogens with zero attached hydrogens (tertiary/aromatic N) is 3. The number of aromatic amines is 1. The van der Waals surface area contributed by atoms with Crippen LogP contribution < -0.4 is 10.6 Å². The summed E-state index contributed by atoms with van der Waals surface area (Å²) in [6.07, 6.45) is 3.31. The van der Waals surface area contributed by atoms with Gasteiger partial charge in [0.25, 0.3) is 0 Å². The van der Waals surface area contributed by atoms with Crippen LogP contribution >= 0.6 is 0 Å². The van der Waals surface area contributed by atoms with E-state index in [1.807, 2.05) is 18.2 Å². The van der Waals surface area contributed by atoms with Crippen LogP contribution in [0.2, 0.25) is 0 Å². The number of anilines is 2. The van der Waals surface area contributed by atoms with Gasteiger partial charge in [-0.3, -0.25) is 0 Å². The van der Waals surface area contributed by atoms with Gasteiger partial charge in [0.15, 0.2) is 0 Å². The van der Waals surface area contributed by atoms with E-state index >= 15 is 0 Å². The zero-order chi connectivity index (χ0) is 15.8. The third-order valence-corrected chi connectivity index (χ3v) is 3.80. The van der Waals surface area contributed by atoms with E-state index in [-0.39, 0.29) is 0 Å². The van der Waals surface area contributed by atoms with E-state index < -0.39 is 0 Å². The van der Waals surface area contributed by atoms with Gasteiger partial charge >= 0.3 is 0 Å². The third-order valence-electron chi connectivity index (χ3n) is 3.80. The highest BCUT2D eigenvalue weighted by atomic mass is 16.5. The molecule has 1 saturated heterocycles. The van der Waals surface area contributed by atoms with Crippen molar-refractivity contribution in [3.63, 3.8) is 0 Å². The van der Waals surface area contributed by atoms with E-state index in [1.165, 1.54) is 6.20 Å². The molecule has 6 heteroatoms. The van der Waals surface area contributed by atoms with Crippen molar-refractivity contribution >= 4 is 22.5 Å². The minimum absolute atomic E-state index is 0.306. The maximum atomic E-state index is 8.05. The van der Waals surface area contributed by atoms with Gasteiger partial charge in [-0.25, -0.2) is 9.97 Å². The molecule has 0 atom stereocenters. The summed E-state index contributed by atoms with van der Waals surface area (Å²) in [5, 5.41) is 0.727. The number of fused-ring (bicyclic) bond motifs is 1. The monoisotopic (exact) mass is 296 g/mol. The molecule has 0 aromatic carbocycles. The Hall–Kier alpha value is -2.60. The molecule has 6 nitrogen and oxygen atoms in total. The number of rotatable bonds is 2. The van der Waals surface area contributed by atoms with Crippen LogP contribution in [0.15, 0.2) is 36.6 Å². The summed E-state index contributed by atoms with van der Waals surface area (Å²) in [5.74, 6) is 0.933. The van der Waals surface area contributed by atoms with Crippen LogP contribution in [0.3, 0.4) is 0 Å². The van der Waals surface area contributed by atoms with E-state index in [2.05, 4.69) is 19.9 Å². The van der Waals surface area contributed by atoms with Crippen LogP contribution in [0.25, 0.3) is 22.3 Å². The molecule has 1 fully saturated rings. The molecule has 3 N–H and O–H groups in total. The summed E-state index contributed by atoms with van der Waals surface area (Å²) in [6.45, 7) is 3.14. The van der Waals surface area contributed by atoms with Crippen LogP contribution in [-0.4, -0.2) is 41.3 Å². The fourth-order valence-corrected chi connectivity index (χ4v) is 2.67. The van der Waals surface area contributed by atoms with Gasteiger partial charge in [0, 0.05) is 35.9 Å². The fraction of sp³-hybridized carbons (Fsp3) is 0.250. The molecule has 0 amide bonds. The number of morpholine rings is 1. The Morgan fingerprint density at radius 2 is 2.14 bits per heavy atom. The summed E-state index contributed by atoms with van der Waals surface area (Å²) in [6, 6.07) is 6.21. The number of pyridine rings is 2. The molecule has 3 aromatic heterocycles. The van der Waals surface area contributed by atoms with Crippen LogP contribution in [0.5, 0.6) is 0 Å². The normalized spacial score (nSPS) is 16.0. The van der Waals surface area contributed by atoms with Gasteiger partial charge in [0.2, 0.25) is 0 Å². The molecule has 4 heterocycles. The highest BCUT2D eigenvalue weighted by Gasteiger charge is 2.13. The maximum Gasteiger partial charge on any atom is 0.137 e. The zero-order valence-electron chi connectivity index (χ0n) is 13.0. The average Bonchev–Trinajstić information content (AvgIpc) is 3.04. The number of nitrogens with one attached hydrogen (secondary N) is 1. The second-order valence-electron chi connectivity index (χ2n) is 5.29. The highest BCUT2D eigenvalue weighted by molar-refractivity contribution is 5.85. The van der Waals surface area contributed by atoms with Crippen molar-refractivity contribution in [2.75, 3.05) is 36.9 Å². The predicted molar refractivity (Wildman–Crippen MR) is 86.8 cm³/mol. The summed E-state index contributed by atoms with van der Waals surface area (Å²) in [4.78, 5) is 14.2. The first-order chi connectivity index (χ1) is 11.2. The van der Waals surface area contributed by atoms with Crippen LogP contribution in [0.4, 0.5) is 11.5 Å². The largest absolute Gasteiger partial charge is 0.397 e. The average molecular weight is 296 g/mol. The molecule has 0 saturated carbocycles. The summed E-state index contributed by atoms with van der Waals surface area (Å²) >= 11 is 0. The molecule has 22 heavy (non-hydrogen) atoms. The standard InChI is InChI=1S/C16H17N5O/c17-13-7-12-8-14(20-16(12)19-10-13)11-1-2-18-15(9-11)21-3-5-22-6-4-21/h1-2,7-10H,3-6,17H2,(H,19,20)/i7D. The first kappa shape index (κ1) is 12.0. The molecule has 1 aliphatic rings. The van der Waals surface area contributed by atoms with E-state index in [4.69, 9.17) is 11.8 Å². The van der Waals surface area contributed by atoms with Gasteiger partial charge in [-0.05, 0) is 24.2 Å². The first-order valence-corrected chi connectivity index (χ1v) is 7.25. The minimum Gasteiger partial charge on any atom is -0.397 e. The molecular formula is C16H17N5O. The van der Waals surface area contributed by atoms with Crippen molar-refractivity contribution in [1.29, 1.82) is 0 Å². The molecule has 1 aliphatic heterocycles. The topological polar surface area (TPSA) is 80.1 Å². The summed E-state index contributed by atoms with van der Waals surface area (Å²) in [7, 11) is 0. The number of hydrogen-bond acceptors (Lipinski definition) is 5. The van der Waals surface area contributed by atoms with Crippen molar-refractivity contribution in [3.05, 3.63) is 36.6 Å². The number of ether oxygens (including phenoxy) is 1. The molecule has 112 valence electrons. The molecule has 0 radical (unpaired) electrons. The smallest absolute Gasteiger partial charge is 0.137 e. The summed E-state index contributed by atoms with van der Waals surface area (Å²) in [5.41, 5.74) is 8.73. The van der Waals surface area contributed by atoms with Gasteiger partial charge in [0.05, 0.1) is 26.5 Å². The predicted octanol–water partition coefficient (Wildman–Crippen LogP) is 2.04. The Kier molecular flexibility index (Phi) is 2.89. The molecule has 0 aliphatic carbocycles. The molecular weight excluding hydrogens is 278 g/mol. The van der Waals surface area contributed by atoms with Gasteiger partial charge in [-0.2, -0.15) is 0 Å². The maximum absolute atomic E-state index is 8.05. The number of aromatic nitrogens is 3. The molecule has 0 unspecified atom stereocenters. The lowest BCUT2D eigenvalue weighted by Crippen LogP contribution is -2.36. The molecule has 3 aromatic rings. The van der Waals surface area contributed by atoms with Crippen molar-refractivity contribution in [3.8, 4) is 11.3 Å². The summed E-state index contributed by atoms with van der Waals surface area (Å²) < 4.78 is 13.4. The van der Waals surface area contributed by atoms with E-state index in [1.54, 1.807) is 6.20 Å². The Labute approximate surface area is 129 Å². The lowest BCUT2D eigenvalue weighted by Gasteiger charge is -2.27. The van der Waals surface area contributed by atoms with Crippen LogP contribution in [0.1, 0.15) is 1.37 Å². The van der Waals surface area contributed by atoms with Crippen molar-refractivity contribution in [2.45, 2.75) is 0 Å². The zero-order valence-corrected chi connectivity index (χ0v) is 12.0. The lowest BCUT2D eigenvalue weighted by atomic mass is 10.2. The van der Waals surface area contributed by atoms with E-state index in [0.717, 1.165) is 48.8 Å². The van der Waals surface area contributed by atoms with Gasteiger partial charge < -0.3 is 20.4 Å².